The minimum atomic E-state index is -3.13. The van der Waals surface area contributed by atoms with Crippen LogP contribution in [0.2, 0.25) is 0 Å². The van der Waals surface area contributed by atoms with Crippen LogP contribution in [0.4, 0.5) is 0 Å². The average molecular weight is 1700 g/mol. The van der Waals surface area contributed by atoms with Crippen LogP contribution in [0.5, 0.6) is 0 Å². The molecule has 0 aromatic heterocycles. The van der Waals surface area contributed by atoms with Crippen LogP contribution >= 0.6 is 0 Å². The predicted octanol–water partition coefficient (Wildman–Crippen LogP) is 23.5. The summed E-state index contributed by atoms with van der Waals surface area (Å²) in [6, 6.07) is 212. The van der Waals surface area contributed by atoms with Crippen LogP contribution in [0.15, 0.2) is 558 Å². The molecule has 22 rings (SSSR count). The van der Waals surface area contributed by atoms with Crippen molar-refractivity contribution in [2.45, 2.75) is 5.41 Å². The molecule has 0 N–H and O–H groups in total. The van der Waals surface area contributed by atoms with Crippen LogP contribution in [0.1, 0.15) is 22.3 Å². The maximum atomic E-state index is 2.52. The second-order valence-corrected chi connectivity index (χ2v) is 45.8. The van der Waals surface area contributed by atoms with Gasteiger partial charge in [-0.1, -0.05) is 510 Å². The van der Waals surface area contributed by atoms with Crippen LogP contribution in [0.3, 0.4) is 0 Å². The Kier molecular flexibility index (Phi) is 21.5. The zero-order valence-electron chi connectivity index (χ0n) is 72.1. The summed E-state index contributed by atoms with van der Waals surface area (Å²) in [4.78, 5) is 0. The van der Waals surface area contributed by atoms with Crippen LogP contribution in [0, 0.1) is 0 Å². The molecule has 0 nitrogen and oxygen atoms in total. The molecular weight excluding hydrogens is 1610 g/mol. The highest BCUT2D eigenvalue weighted by molar-refractivity contribution is 7.22. The Balaban J connectivity index is 0.647. The van der Waals surface area contributed by atoms with Gasteiger partial charge >= 0.3 is 0 Å². The van der Waals surface area contributed by atoms with Gasteiger partial charge in [0.2, 0.25) is 0 Å². The molecule has 130 heavy (non-hydrogen) atoms. The Morgan fingerprint density at radius 3 is 0.685 bits per heavy atom. The molecule has 0 heterocycles. The highest BCUT2D eigenvalue weighted by atomic mass is 28.3. The van der Waals surface area contributed by atoms with Gasteiger partial charge in [-0.3, -0.25) is 0 Å². The summed E-state index contributed by atoms with van der Waals surface area (Å²) >= 11 is 0. The lowest BCUT2D eigenvalue weighted by Crippen LogP contribution is -2.77. The van der Waals surface area contributed by atoms with E-state index >= 15 is 0 Å². The molecule has 0 fully saturated rings. The largest absolute Gasteiger partial charge is 0.179 e. The van der Waals surface area contributed by atoms with Gasteiger partial charge in [0.25, 0.3) is 0 Å². The zero-order chi connectivity index (χ0) is 86.7. The van der Waals surface area contributed by atoms with Gasteiger partial charge in [0.15, 0.2) is 24.2 Å². The van der Waals surface area contributed by atoms with E-state index in [1.807, 2.05) is 0 Å². The summed E-state index contributed by atoms with van der Waals surface area (Å²) in [7, 11) is -9.08. The fourth-order valence-corrected chi connectivity index (χ4v) is 35.7. The van der Waals surface area contributed by atoms with Crippen molar-refractivity contribution in [3.63, 3.8) is 0 Å². The second-order valence-electron chi connectivity index (χ2n) is 34.4. The first kappa shape index (κ1) is 80.1. The molecule has 0 radical (unpaired) electrons. The third kappa shape index (κ3) is 14.2. The number of hydrogen-bond donors (Lipinski definition) is 0. The molecule has 1 aliphatic carbocycles. The Bertz CT molecular complexity index is 7390. The fraction of sp³-hybridized carbons (Fsp3) is 0.00787. The van der Waals surface area contributed by atoms with E-state index in [4.69, 9.17) is 0 Å². The summed E-state index contributed by atoms with van der Waals surface area (Å²) in [6.07, 6.45) is 0. The van der Waals surface area contributed by atoms with Crippen molar-refractivity contribution in [1.82, 2.24) is 0 Å². The molecule has 1 aliphatic rings. The minimum Gasteiger partial charge on any atom is -0.0623 e. The van der Waals surface area contributed by atoms with E-state index < -0.39 is 29.6 Å². The van der Waals surface area contributed by atoms with E-state index in [0.29, 0.717) is 0 Å². The van der Waals surface area contributed by atoms with Crippen molar-refractivity contribution < 1.29 is 0 Å². The standard InChI is InChI=1S/C127H92Si3/c1-11-39-93(40-12-1)97-45-35-46-98(85-97)100-48-37-51-107(90-100)127(125-70-34-33-69-123(125)124-84-73-102(92-126(124)127)94-41-13-2-14-42-94)108-52-38-49-101(91-108)106-88-104(95-43-15-3-16-44-95)87-105(89-106)99-47-36-50-103(86-99)122-68-32-31-67-121(122)96-71-74-116(75-72-96)129(112-59-23-7-24-60-112,113-61-25-8-26-62-113)118-80-82-120(83-81-118)130(114-63-27-9-28-64-114,115-65-29-10-30-66-115)119-78-76-117(77-79-119)128(109-53-17-4-18-54-109,110-55-19-5-20-56-110)111-57-21-6-22-58-111/h1-92H. The van der Waals surface area contributed by atoms with E-state index in [1.54, 1.807) is 0 Å². The van der Waals surface area contributed by atoms with E-state index in [9.17, 15) is 0 Å². The van der Waals surface area contributed by atoms with Crippen molar-refractivity contribution >= 4 is 86.5 Å². The molecule has 3 heteroatoms. The van der Waals surface area contributed by atoms with E-state index in [-0.39, 0.29) is 0 Å². The smallest absolute Gasteiger partial charge is 0.0623 e. The minimum absolute atomic E-state index is 0.714. The lowest BCUT2D eigenvalue weighted by atomic mass is 9.66. The molecule has 0 bridgehead atoms. The summed E-state index contributed by atoms with van der Waals surface area (Å²) < 4.78 is 0. The Morgan fingerprint density at radius 1 is 0.108 bits per heavy atom. The van der Waals surface area contributed by atoms with Gasteiger partial charge < -0.3 is 0 Å². The van der Waals surface area contributed by atoms with Crippen LogP contribution in [-0.4, -0.2) is 24.2 Å². The molecule has 1 atom stereocenters. The zero-order valence-corrected chi connectivity index (χ0v) is 75.1. The van der Waals surface area contributed by atoms with Crippen molar-refractivity contribution in [3.8, 4) is 100 Å². The summed E-state index contributed by atoms with van der Waals surface area (Å²) in [5, 5.41) is 16.1. The quantitative estimate of drug-likeness (QED) is 0.0469. The lowest BCUT2D eigenvalue weighted by Gasteiger charge is -2.38. The van der Waals surface area contributed by atoms with Crippen molar-refractivity contribution in [2.75, 3.05) is 0 Å². The van der Waals surface area contributed by atoms with E-state index in [2.05, 4.69) is 558 Å². The van der Waals surface area contributed by atoms with Gasteiger partial charge in [-0.05, 0) is 233 Å². The van der Waals surface area contributed by atoms with Crippen molar-refractivity contribution in [3.05, 3.63) is 580 Å². The molecule has 0 spiro atoms. The molecule has 612 valence electrons. The Morgan fingerprint density at radius 2 is 0.315 bits per heavy atom. The highest BCUT2D eigenvalue weighted by Crippen LogP contribution is 2.58. The van der Waals surface area contributed by atoms with Gasteiger partial charge in [0.05, 0.1) is 5.41 Å². The molecule has 21 aromatic carbocycles. The van der Waals surface area contributed by atoms with Crippen LogP contribution < -0.4 is 62.2 Å². The summed E-state index contributed by atoms with van der Waals surface area (Å²) in [5.74, 6) is 0. The Hall–Kier alpha value is -15.7. The van der Waals surface area contributed by atoms with Crippen LogP contribution in [-0.2, 0) is 5.41 Å². The molecule has 0 saturated heterocycles. The number of hydrogen-bond acceptors (Lipinski definition) is 0. The molecule has 1 unspecified atom stereocenters. The van der Waals surface area contributed by atoms with Gasteiger partial charge in [-0.25, -0.2) is 0 Å². The summed E-state index contributed by atoms with van der Waals surface area (Å²) in [6.45, 7) is 0. The average Bonchev–Trinajstić information content (AvgIpc) is 1.60. The monoisotopic (exact) mass is 1700 g/mol. The van der Waals surface area contributed by atoms with Crippen molar-refractivity contribution in [1.29, 1.82) is 0 Å². The van der Waals surface area contributed by atoms with Gasteiger partial charge in [0.1, 0.15) is 0 Å². The number of benzene rings is 21. The van der Waals surface area contributed by atoms with Crippen LogP contribution in [0.25, 0.3) is 100 Å². The Labute approximate surface area is 766 Å². The normalized spacial score (nSPS) is 13.0. The fourth-order valence-electron chi connectivity index (χ4n) is 21.5. The van der Waals surface area contributed by atoms with E-state index in [0.717, 1.165) is 44.5 Å². The third-order valence-electron chi connectivity index (χ3n) is 27.4. The number of fused-ring (bicyclic) bond motifs is 3. The first-order valence-corrected chi connectivity index (χ1v) is 51.2. The lowest BCUT2D eigenvalue weighted by molar-refractivity contribution is 0.769. The molecule has 21 aromatic rings. The van der Waals surface area contributed by atoms with Gasteiger partial charge in [-0.15, -0.1) is 0 Å². The molecule has 0 amide bonds. The first-order valence-electron chi connectivity index (χ1n) is 45.2. The van der Waals surface area contributed by atoms with E-state index in [1.165, 1.54) is 140 Å². The molecule has 0 saturated carbocycles. The third-order valence-corrected chi connectivity index (χ3v) is 41.8. The highest BCUT2D eigenvalue weighted by Gasteiger charge is 2.49. The molecular formula is C127H92Si3. The van der Waals surface area contributed by atoms with Gasteiger partial charge in [0, 0.05) is 0 Å². The molecule has 0 aliphatic heterocycles. The number of rotatable bonds is 22. The predicted molar refractivity (Wildman–Crippen MR) is 558 cm³/mol. The van der Waals surface area contributed by atoms with Crippen molar-refractivity contribution in [2.24, 2.45) is 0 Å². The SMILES string of the molecule is c1ccc(-c2cccc(-c3cccc(C4(c5cccc(-c6cc(-c7ccccc7)cc(-c7cccc(-c8ccccc8-c8ccc([Si](c9ccccc9)(c9ccccc9)c9ccc([Si](c%10ccccc%10)(c%10ccccc%10)c%10ccc([Si](c%11ccccc%11)(c%11ccccc%11)c%11ccccc%11)cc%10)cc9)cc8)c7)c6)c5)c5ccccc5-c5ccc(-c6ccccc6)cc54)c3)c2)cc1. The summed E-state index contributed by atoms with van der Waals surface area (Å²) in [5.41, 5.74) is 25.4. The second kappa shape index (κ2) is 34.9. The maximum absolute atomic E-state index is 3.13. The topological polar surface area (TPSA) is 0 Å². The van der Waals surface area contributed by atoms with Gasteiger partial charge in [-0.2, -0.15) is 0 Å². The first-order chi connectivity index (χ1) is 64.4. The maximum Gasteiger partial charge on any atom is 0.179 e.